The van der Waals surface area contributed by atoms with Crippen molar-refractivity contribution in [1.82, 2.24) is 0 Å². The van der Waals surface area contributed by atoms with Crippen LogP contribution in [0.1, 0.15) is 40.0 Å². The van der Waals surface area contributed by atoms with Crippen molar-refractivity contribution >= 4 is 11.9 Å². The molecule has 21 heavy (non-hydrogen) atoms. The van der Waals surface area contributed by atoms with Gasteiger partial charge in [-0.15, -0.1) is 0 Å². The van der Waals surface area contributed by atoms with Crippen molar-refractivity contribution in [3.8, 4) is 0 Å². The Balaban J connectivity index is 2.39. The molecule has 0 N–H and O–H groups in total. The number of esters is 2. The van der Waals surface area contributed by atoms with E-state index in [2.05, 4.69) is 12.7 Å². The minimum atomic E-state index is -0.489. The number of allylic oxidation sites excluding steroid dienone is 2. The maximum absolute atomic E-state index is 11.9. The maximum atomic E-state index is 11.9. The van der Waals surface area contributed by atoms with Crippen molar-refractivity contribution < 1.29 is 19.1 Å². The lowest BCUT2D eigenvalue weighted by Crippen LogP contribution is -2.32. The Morgan fingerprint density at radius 3 is 2.76 bits per heavy atom. The van der Waals surface area contributed by atoms with Gasteiger partial charge in [-0.1, -0.05) is 23.8 Å². The van der Waals surface area contributed by atoms with E-state index in [4.69, 9.17) is 9.47 Å². The van der Waals surface area contributed by atoms with Crippen LogP contribution in [-0.2, 0) is 19.1 Å². The monoisotopic (exact) mass is 290 g/mol. The molecule has 0 aromatic heterocycles. The van der Waals surface area contributed by atoms with Gasteiger partial charge in [0.2, 0.25) is 0 Å². The van der Waals surface area contributed by atoms with E-state index in [1.165, 1.54) is 12.5 Å². The van der Waals surface area contributed by atoms with Crippen LogP contribution in [0.15, 0.2) is 35.5 Å². The number of hydrogen-bond donors (Lipinski definition) is 0. The zero-order valence-corrected chi connectivity index (χ0v) is 12.8. The van der Waals surface area contributed by atoms with Crippen LogP contribution in [0.2, 0.25) is 0 Å². The fraction of sp³-hybridized carbons (Fsp3) is 0.529. The topological polar surface area (TPSA) is 52.6 Å². The predicted octanol–water partition coefficient (Wildman–Crippen LogP) is 3.09. The molecule has 4 heteroatoms. The van der Waals surface area contributed by atoms with Crippen LogP contribution >= 0.6 is 0 Å². The summed E-state index contributed by atoms with van der Waals surface area (Å²) in [5.41, 5.74) is 2.71. The molecule has 0 amide bonds. The summed E-state index contributed by atoms with van der Waals surface area (Å²) in [5.74, 6) is -1.06. The molecule has 3 unspecified atom stereocenters. The Morgan fingerprint density at radius 1 is 1.38 bits per heavy atom. The van der Waals surface area contributed by atoms with Gasteiger partial charge in [0.1, 0.15) is 12.2 Å². The summed E-state index contributed by atoms with van der Waals surface area (Å²) < 4.78 is 10.9. The molecule has 1 saturated heterocycles. The Morgan fingerprint density at radius 2 is 2.10 bits per heavy atom. The molecule has 1 aliphatic heterocycles. The van der Waals surface area contributed by atoms with Gasteiger partial charge in [0.05, 0.1) is 5.92 Å². The highest BCUT2D eigenvalue weighted by atomic mass is 16.6. The van der Waals surface area contributed by atoms with Gasteiger partial charge < -0.3 is 9.47 Å². The summed E-state index contributed by atoms with van der Waals surface area (Å²) in [6, 6.07) is 0. The van der Waals surface area contributed by atoms with Gasteiger partial charge in [0.25, 0.3) is 0 Å². The molecular weight excluding hydrogens is 268 g/mol. The highest BCUT2D eigenvalue weighted by molar-refractivity contribution is 5.91. The lowest BCUT2D eigenvalue weighted by molar-refractivity contribution is -0.147. The normalized spacial score (nSPS) is 34.9. The number of ether oxygens (including phenoxy) is 2. The number of fused-ring (bicyclic) bond motifs is 1. The first kappa shape index (κ1) is 15.5. The van der Waals surface area contributed by atoms with Crippen LogP contribution in [0.3, 0.4) is 0 Å². The first-order valence-corrected chi connectivity index (χ1v) is 7.28. The van der Waals surface area contributed by atoms with Crippen molar-refractivity contribution in [3.05, 3.63) is 35.5 Å². The molecule has 2 rings (SSSR count). The summed E-state index contributed by atoms with van der Waals surface area (Å²) in [4.78, 5) is 23.2. The van der Waals surface area contributed by atoms with E-state index >= 15 is 0 Å². The number of carbonyl (C=O) groups excluding carboxylic acids is 2. The van der Waals surface area contributed by atoms with Crippen LogP contribution in [-0.4, -0.2) is 24.1 Å². The van der Waals surface area contributed by atoms with E-state index in [1.807, 2.05) is 19.9 Å². The second-order valence-corrected chi connectivity index (χ2v) is 5.88. The molecule has 114 valence electrons. The molecule has 0 radical (unpaired) electrons. The van der Waals surface area contributed by atoms with E-state index in [-0.39, 0.29) is 24.0 Å². The molecule has 0 aromatic carbocycles. The highest BCUT2D eigenvalue weighted by Gasteiger charge is 2.44. The van der Waals surface area contributed by atoms with E-state index in [0.717, 1.165) is 18.4 Å². The number of hydrogen-bond acceptors (Lipinski definition) is 4. The van der Waals surface area contributed by atoms with Gasteiger partial charge in [-0.25, -0.2) is 4.79 Å². The van der Waals surface area contributed by atoms with E-state index < -0.39 is 6.10 Å². The van der Waals surface area contributed by atoms with Crippen molar-refractivity contribution in [2.24, 2.45) is 5.92 Å². The maximum Gasteiger partial charge on any atom is 0.334 e. The average Bonchev–Trinajstić information content (AvgIpc) is 2.62. The van der Waals surface area contributed by atoms with Crippen LogP contribution in [0.4, 0.5) is 0 Å². The third-order valence-corrected chi connectivity index (χ3v) is 3.98. The van der Waals surface area contributed by atoms with Gasteiger partial charge in [-0.05, 0) is 32.8 Å². The first-order valence-electron chi connectivity index (χ1n) is 7.28. The Hall–Kier alpha value is -1.84. The molecule has 2 aliphatic rings. The molecule has 0 bridgehead atoms. The van der Waals surface area contributed by atoms with E-state index in [0.29, 0.717) is 12.0 Å². The van der Waals surface area contributed by atoms with Gasteiger partial charge in [-0.3, -0.25) is 4.79 Å². The molecule has 1 fully saturated rings. The van der Waals surface area contributed by atoms with Gasteiger partial charge in [0.15, 0.2) is 0 Å². The fourth-order valence-electron chi connectivity index (χ4n) is 2.94. The molecule has 1 heterocycles. The number of carbonyl (C=O) groups is 2. The SMILES string of the molecule is C=C1C(=O)OC2C/C(C)=C\CC/C(C)=C\C(OC(C)=O)C12. The smallest absolute Gasteiger partial charge is 0.334 e. The predicted molar refractivity (Wildman–Crippen MR) is 79.4 cm³/mol. The van der Waals surface area contributed by atoms with E-state index in [9.17, 15) is 9.59 Å². The van der Waals surface area contributed by atoms with Crippen molar-refractivity contribution in [2.45, 2.75) is 52.2 Å². The van der Waals surface area contributed by atoms with Crippen LogP contribution in [0.5, 0.6) is 0 Å². The second-order valence-electron chi connectivity index (χ2n) is 5.88. The molecule has 3 atom stereocenters. The summed E-state index contributed by atoms with van der Waals surface area (Å²) in [6.07, 6.45) is 5.81. The number of rotatable bonds is 1. The standard InChI is InChI=1S/C17H22O4/c1-10-6-5-7-11(2)9-15-16(12(3)17(19)21-15)14(8-10)20-13(4)18/h7-8,14-16H,3,5-6,9H2,1-2,4H3/b10-8-,11-7-. The largest absolute Gasteiger partial charge is 0.458 e. The quantitative estimate of drug-likeness (QED) is 0.423. The fourth-order valence-corrected chi connectivity index (χ4v) is 2.94. The van der Waals surface area contributed by atoms with Crippen molar-refractivity contribution in [1.29, 1.82) is 0 Å². The summed E-state index contributed by atoms with van der Waals surface area (Å²) in [6.45, 7) is 9.26. The minimum Gasteiger partial charge on any atom is -0.458 e. The summed E-state index contributed by atoms with van der Waals surface area (Å²) in [7, 11) is 0. The third-order valence-electron chi connectivity index (χ3n) is 3.98. The zero-order valence-electron chi connectivity index (χ0n) is 12.8. The van der Waals surface area contributed by atoms with Gasteiger partial charge in [0, 0.05) is 18.9 Å². The summed E-state index contributed by atoms with van der Waals surface area (Å²) in [5, 5.41) is 0. The zero-order chi connectivity index (χ0) is 15.6. The second kappa shape index (κ2) is 6.29. The Labute approximate surface area is 125 Å². The van der Waals surface area contributed by atoms with Crippen LogP contribution in [0.25, 0.3) is 0 Å². The molecule has 4 nitrogen and oxygen atoms in total. The van der Waals surface area contributed by atoms with Crippen LogP contribution in [0, 0.1) is 5.92 Å². The van der Waals surface area contributed by atoms with Crippen LogP contribution < -0.4 is 0 Å². The first-order chi connectivity index (χ1) is 9.88. The minimum absolute atomic E-state index is 0.308. The molecule has 0 spiro atoms. The molecule has 1 aliphatic carbocycles. The lowest BCUT2D eigenvalue weighted by atomic mass is 9.85. The average molecular weight is 290 g/mol. The third kappa shape index (κ3) is 3.63. The highest BCUT2D eigenvalue weighted by Crippen LogP contribution is 2.36. The van der Waals surface area contributed by atoms with Crippen molar-refractivity contribution in [2.75, 3.05) is 0 Å². The lowest BCUT2D eigenvalue weighted by Gasteiger charge is -2.26. The molecule has 0 aromatic rings. The Kier molecular flexibility index (Phi) is 4.66. The molecular formula is C17H22O4. The van der Waals surface area contributed by atoms with Gasteiger partial charge >= 0.3 is 11.9 Å². The molecule has 0 saturated carbocycles. The van der Waals surface area contributed by atoms with E-state index in [1.54, 1.807) is 0 Å². The van der Waals surface area contributed by atoms with Gasteiger partial charge in [-0.2, -0.15) is 0 Å². The van der Waals surface area contributed by atoms with Crippen molar-refractivity contribution in [3.63, 3.8) is 0 Å². The summed E-state index contributed by atoms with van der Waals surface area (Å²) >= 11 is 0. The Bertz CT molecular complexity index is 527.